The normalized spacial score (nSPS) is 17.2. The third kappa shape index (κ3) is 2.78. The average Bonchev–Trinajstić information content (AvgIpc) is 2.39. The van der Waals surface area contributed by atoms with Crippen molar-refractivity contribution in [2.45, 2.75) is 26.7 Å². The lowest BCUT2D eigenvalue weighted by Gasteiger charge is -2.33. The summed E-state index contributed by atoms with van der Waals surface area (Å²) in [4.78, 5) is 21.1. The highest BCUT2D eigenvalue weighted by Crippen LogP contribution is 2.25. The van der Waals surface area contributed by atoms with Gasteiger partial charge in [0.2, 0.25) is 5.95 Å². The molecule has 5 nitrogen and oxygen atoms in total. The molecule has 1 N–H and O–H groups in total. The number of hydrogen-bond donors (Lipinski definition) is 1. The fourth-order valence-electron chi connectivity index (χ4n) is 2.36. The predicted octanol–water partition coefficient (Wildman–Crippen LogP) is 2.05. The zero-order valence-corrected chi connectivity index (χ0v) is 10.8. The van der Waals surface area contributed by atoms with Crippen LogP contribution in [0.3, 0.4) is 0 Å². The molecule has 0 saturated carbocycles. The maximum Gasteiger partial charge on any atom is 0.338 e. The van der Waals surface area contributed by atoms with Crippen LogP contribution >= 0.6 is 0 Å². The van der Waals surface area contributed by atoms with E-state index in [4.69, 9.17) is 5.11 Å². The molecule has 0 aromatic carbocycles. The molecule has 0 amide bonds. The van der Waals surface area contributed by atoms with Gasteiger partial charge in [-0.25, -0.2) is 14.8 Å². The predicted molar refractivity (Wildman–Crippen MR) is 68.8 cm³/mol. The van der Waals surface area contributed by atoms with Crippen LogP contribution < -0.4 is 4.90 Å². The van der Waals surface area contributed by atoms with Crippen LogP contribution in [0, 0.1) is 11.8 Å². The molecule has 1 saturated heterocycles. The van der Waals surface area contributed by atoms with E-state index in [2.05, 4.69) is 28.7 Å². The number of carboxylic acid groups (broad SMARTS) is 1. The fraction of sp³-hybridized carbons (Fsp3) is 0.615. The molecule has 5 heteroatoms. The molecule has 2 heterocycles. The van der Waals surface area contributed by atoms with Crippen molar-refractivity contribution in [2.75, 3.05) is 18.0 Å². The van der Waals surface area contributed by atoms with Crippen molar-refractivity contribution >= 4 is 11.9 Å². The second-order valence-electron chi connectivity index (χ2n) is 5.15. The third-order valence-electron chi connectivity index (χ3n) is 3.65. The molecule has 98 valence electrons. The summed E-state index contributed by atoms with van der Waals surface area (Å²) < 4.78 is 0. The number of anilines is 1. The number of aromatic carboxylic acids is 1. The first-order chi connectivity index (χ1) is 8.58. The quantitative estimate of drug-likeness (QED) is 0.888. The van der Waals surface area contributed by atoms with Gasteiger partial charge in [0.05, 0.1) is 5.56 Å². The van der Waals surface area contributed by atoms with E-state index in [0.717, 1.165) is 37.8 Å². The molecule has 1 aromatic rings. The largest absolute Gasteiger partial charge is 0.478 e. The summed E-state index contributed by atoms with van der Waals surface area (Å²) in [6, 6.07) is 0. The first-order valence-corrected chi connectivity index (χ1v) is 6.38. The van der Waals surface area contributed by atoms with Gasteiger partial charge < -0.3 is 10.0 Å². The van der Waals surface area contributed by atoms with Crippen molar-refractivity contribution in [3.63, 3.8) is 0 Å². The number of piperidine rings is 1. The van der Waals surface area contributed by atoms with Crippen LogP contribution in [0.4, 0.5) is 5.95 Å². The van der Waals surface area contributed by atoms with Crippen LogP contribution in [0.2, 0.25) is 0 Å². The van der Waals surface area contributed by atoms with Crippen molar-refractivity contribution in [2.24, 2.45) is 11.8 Å². The Morgan fingerprint density at radius 2 is 1.89 bits per heavy atom. The lowest BCUT2D eigenvalue weighted by molar-refractivity contribution is 0.0696. The molecule has 1 fully saturated rings. The minimum absolute atomic E-state index is 0.135. The van der Waals surface area contributed by atoms with E-state index in [0.29, 0.717) is 5.95 Å². The molecule has 2 rings (SSSR count). The molecular weight excluding hydrogens is 230 g/mol. The zero-order chi connectivity index (χ0) is 13.1. The van der Waals surface area contributed by atoms with Gasteiger partial charge in [0, 0.05) is 25.5 Å². The van der Waals surface area contributed by atoms with E-state index in [1.54, 1.807) is 0 Å². The smallest absolute Gasteiger partial charge is 0.338 e. The first kappa shape index (κ1) is 12.8. The highest BCUT2D eigenvalue weighted by molar-refractivity contribution is 5.86. The molecule has 1 aliphatic rings. The molecule has 18 heavy (non-hydrogen) atoms. The second kappa shape index (κ2) is 5.33. The van der Waals surface area contributed by atoms with Crippen LogP contribution in [0.15, 0.2) is 12.4 Å². The second-order valence-corrected chi connectivity index (χ2v) is 5.15. The van der Waals surface area contributed by atoms with Gasteiger partial charge in [-0.05, 0) is 24.7 Å². The summed E-state index contributed by atoms with van der Waals surface area (Å²) >= 11 is 0. The average molecular weight is 249 g/mol. The van der Waals surface area contributed by atoms with Crippen LogP contribution in [0.5, 0.6) is 0 Å². The number of rotatable bonds is 3. The van der Waals surface area contributed by atoms with Crippen molar-refractivity contribution in [3.05, 3.63) is 18.0 Å². The third-order valence-corrected chi connectivity index (χ3v) is 3.65. The van der Waals surface area contributed by atoms with Crippen LogP contribution in [-0.4, -0.2) is 34.1 Å². The SMILES string of the molecule is CC(C)C1CCN(c2ncc(C(=O)O)cn2)CC1. The Morgan fingerprint density at radius 1 is 1.33 bits per heavy atom. The van der Waals surface area contributed by atoms with E-state index >= 15 is 0 Å². The summed E-state index contributed by atoms with van der Waals surface area (Å²) in [5.74, 6) is 1.16. The van der Waals surface area contributed by atoms with Gasteiger partial charge in [-0.2, -0.15) is 0 Å². The van der Waals surface area contributed by atoms with E-state index < -0.39 is 5.97 Å². The molecule has 0 spiro atoms. The minimum atomic E-state index is -0.986. The molecular formula is C13H19N3O2. The summed E-state index contributed by atoms with van der Waals surface area (Å²) in [6.07, 6.45) is 5.06. The summed E-state index contributed by atoms with van der Waals surface area (Å²) in [5, 5.41) is 8.79. The Bertz CT molecular complexity index is 409. The Kier molecular flexibility index (Phi) is 3.79. The number of carboxylic acids is 1. The van der Waals surface area contributed by atoms with E-state index in [-0.39, 0.29) is 5.56 Å². The van der Waals surface area contributed by atoms with Crippen molar-refractivity contribution < 1.29 is 9.90 Å². The minimum Gasteiger partial charge on any atom is -0.478 e. The fourth-order valence-corrected chi connectivity index (χ4v) is 2.36. The Labute approximate surface area is 107 Å². The van der Waals surface area contributed by atoms with Gasteiger partial charge in [-0.3, -0.25) is 0 Å². The summed E-state index contributed by atoms with van der Waals surface area (Å²) in [5.41, 5.74) is 0.135. The number of nitrogens with zero attached hydrogens (tertiary/aromatic N) is 3. The standard InChI is InChI=1S/C13H19N3O2/c1-9(2)10-3-5-16(6-4-10)13-14-7-11(8-15-13)12(17)18/h7-10H,3-6H2,1-2H3,(H,17,18). The number of aromatic nitrogens is 2. The topological polar surface area (TPSA) is 66.3 Å². The van der Waals surface area contributed by atoms with Crippen molar-refractivity contribution in [3.8, 4) is 0 Å². The Morgan fingerprint density at radius 3 is 2.33 bits per heavy atom. The maximum absolute atomic E-state index is 10.7. The molecule has 1 aromatic heterocycles. The summed E-state index contributed by atoms with van der Waals surface area (Å²) in [7, 11) is 0. The van der Waals surface area contributed by atoms with E-state index in [1.165, 1.54) is 12.4 Å². The van der Waals surface area contributed by atoms with Gasteiger partial charge in [0.25, 0.3) is 0 Å². The van der Waals surface area contributed by atoms with Gasteiger partial charge in [-0.1, -0.05) is 13.8 Å². The van der Waals surface area contributed by atoms with Crippen molar-refractivity contribution in [1.82, 2.24) is 9.97 Å². The Hall–Kier alpha value is -1.65. The summed E-state index contributed by atoms with van der Waals surface area (Å²) in [6.45, 7) is 6.43. The lowest BCUT2D eigenvalue weighted by atomic mass is 9.87. The molecule has 0 atom stereocenters. The zero-order valence-electron chi connectivity index (χ0n) is 10.8. The van der Waals surface area contributed by atoms with Crippen LogP contribution in [0.1, 0.15) is 37.0 Å². The maximum atomic E-state index is 10.7. The van der Waals surface area contributed by atoms with Crippen molar-refractivity contribution in [1.29, 1.82) is 0 Å². The van der Waals surface area contributed by atoms with Gasteiger partial charge in [-0.15, -0.1) is 0 Å². The molecule has 0 bridgehead atoms. The number of carbonyl (C=O) groups is 1. The van der Waals surface area contributed by atoms with E-state index in [9.17, 15) is 4.79 Å². The lowest BCUT2D eigenvalue weighted by Crippen LogP contribution is -2.36. The van der Waals surface area contributed by atoms with Gasteiger partial charge >= 0.3 is 5.97 Å². The molecule has 0 unspecified atom stereocenters. The van der Waals surface area contributed by atoms with Gasteiger partial charge in [0.15, 0.2) is 0 Å². The first-order valence-electron chi connectivity index (χ1n) is 6.38. The highest BCUT2D eigenvalue weighted by atomic mass is 16.4. The van der Waals surface area contributed by atoms with E-state index in [1.807, 2.05) is 0 Å². The monoisotopic (exact) mass is 249 g/mol. The highest BCUT2D eigenvalue weighted by Gasteiger charge is 2.22. The Balaban J connectivity index is 1.99. The molecule has 0 radical (unpaired) electrons. The molecule has 0 aliphatic carbocycles. The molecule has 1 aliphatic heterocycles. The number of hydrogen-bond acceptors (Lipinski definition) is 4. The van der Waals surface area contributed by atoms with Crippen LogP contribution in [-0.2, 0) is 0 Å². The van der Waals surface area contributed by atoms with Crippen LogP contribution in [0.25, 0.3) is 0 Å². The van der Waals surface area contributed by atoms with Gasteiger partial charge in [0.1, 0.15) is 0 Å².